The molecule has 0 unspecified atom stereocenters. The molecule has 15 heavy (non-hydrogen) atoms. The third kappa shape index (κ3) is 2.98. The minimum absolute atomic E-state index is 0.0655. The molecule has 0 atom stereocenters. The average molecular weight is 206 g/mol. The summed E-state index contributed by atoms with van der Waals surface area (Å²) in [7, 11) is 1.60. The van der Waals surface area contributed by atoms with Crippen molar-refractivity contribution in [2.75, 3.05) is 7.11 Å². The summed E-state index contributed by atoms with van der Waals surface area (Å²) in [6.45, 7) is 1.81. The Morgan fingerprint density at radius 1 is 1.20 bits per heavy atom. The van der Waals surface area contributed by atoms with Gasteiger partial charge in [-0.1, -0.05) is 12.1 Å². The number of nitrogens with two attached hydrogens (primary N) is 2. The lowest BCUT2D eigenvalue weighted by Gasteiger charge is -2.05. The zero-order valence-electron chi connectivity index (χ0n) is 8.77. The topological polar surface area (TPSA) is 86.0 Å². The molecule has 5 nitrogen and oxygen atoms in total. The Morgan fingerprint density at radius 2 is 1.87 bits per heavy atom. The molecule has 0 fully saturated rings. The van der Waals surface area contributed by atoms with E-state index in [-0.39, 0.29) is 5.96 Å². The van der Waals surface area contributed by atoms with Gasteiger partial charge in [0, 0.05) is 5.56 Å². The molecule has 0 saturated carbocycles. The minimum Gasteiger partial charge on any atom is -0.496 e. The van der Waals surface area contributed by atoms with Gasteiger partial charge in [0.15, 0.2) is 0 Å². The fourth-order valence-corrected chi connectivity index (χ4v) is 1.13. The van der Waals surface area contributed by atoms with Gasteiger partial charge in [0.05, 0.1) is 12.8 Å². The molecule has 0 amide bonds. The van der Waals surface area contributed by atoms with Crippen molar-refractivity contribution in [3.63, 3.8) is 0 Å². The van der Waals surface area contributed by atoms with Crippen molar-refractivity contribution >= 4 is 11.7 Å². The Morgan fingerprint density at radius 3 is 2.47 bits per heavy atom. The molecule has 1 aromatic carbocycles. The molecule has 0 aliphatic rings. The van der Waals surface area contributed by atoms with E-state index in [4.69, 9.17) is 16.2 Å². The van der Waals surface area contributed by atoms with Crippen LogP contribution in [0.3, 0.4) is 0 Å². The molecule has 0 spiro atoms. The standard InChI is InChI=1S/C10H14N4O/c1-7(13-14-10(11)12)8-5-3-4-6-9(8)15-2/h3-6H,1-2H3,(H4,11,12,14)/b13-7-. The van der Waals surface area contributed by atoms with Gasteiger partial charge in [-0.05, 0) is 19.1 Å². The fourth-order valence-electron chi connectivity index (χ4n) is 1.13. The third-order valence-corrected chi connectivity index (χ3v) is 1.81. The second kappa shape index (κ2) is 4.99. The van der Waals surface area contributed by atoms with Crippen molar-refractivity contribution in [3.05, 3.63) is 29.8 Å². The number of hydrogen-bond donors (Lipinski definition) is 2. The quantitative estimate of drug-likeness (QED) is 0.433. The van der Waals surface area contributed by atoms with Crippen molar-refractivity contribution in [1.29, 1.82) is 0 Å². The number of guanidine groups is 1. The maximum atomic E-state index is 5.18. The first-order valence-electron chi connectivity index (χ1n) is 4.41. The maximum absolute atomic E-state index is 5.18. The average Bonchev–Trinajstić information content (AvgIpc) is 2.25. The predicted octanol–water partition coefficient (Wildman–Crippen LogP) is 0.693. The van der Waals surface area contributed by atoms with Crippen LogP contribution in [0.5, 0.6) is 5.75 Å². The summed E-state index contributed by atoms with van der Waals surface area (Å²) < 4.78 is 5.18. The first-order chi connectivity index (χ1) is 7.15. The number of ether oxygens (including phenoxy) is 1. The van der Waals surface area contributed by atoms with Crippen LogP contribution in [0.25, 0.3) is 0 Å². The summed E-state index contributed by atoms with van der Waals surface area (Å²) in [5, 5.41) is 7.46. The molecule has 1 rings (SSSR count). The molecule has 0 heterocycles. The molecule has 0 saturated heterocycles. The van der Waals surface area contributed by atoms with Crippen LogP contribution in [0, 0.1) is 0 Å². The van der Waals surface area contributed by atoms with Crippen LogP contribution in [0.4, 0.5) is 0 Å². The maximum Gasteiger partial charge on any atom is 0.211 e. The van der Waals surface area contributed by atoms with E-state index in [0.717, 1.165) is 11.3 Å². The third-order valence-electron chi connectivity index (χ3n) is 1.81. The first kappa shape index (κ1) is 11.0. The van der Waals surface area contributed by atoms with E-state index >= 15 is 0 Å². The van der Waals surface area contributed by atoms with Crippen molar-refractivity contribution < 1.29 is 4.74 Å². The zero-order valence-corrected chi connectivity index (χ0v) is 8.77. The van der Waals surface area contributed by atoms with Crippen LogP contribution in [0.15, 0.2) is 34.5 Å². The highest BCUT2D eigenvalue weighted by molar-refractivity contribution is 6.01. The molecule has 5 heteroatoms. The molecule has 0 aliphatic carbocycles. The lowest BCUT2D eigenvalue weighted by atomic mass is 10.1. The fraction of sp³-hybridized carbons (Fsp3) is 0.200. The van der Waals surface area contributed by atoms with E-state index in [1.54, 1.807) is 7.11 Å². The van der Waals surface area contributed by atoms with E-state index < -0.39 is 0 Å². The van der Waals surface area contributed by atoms with Gasteiger partial charge in [-0.15, -0.1) is 5.10 Å². The summed E-state index contributed by atoms with van der Waals surface area (Å²) >= 11 is 0. The molecule has 80 valence electrons. The number of nitrogens with zero attached hydrogens (tertiary/aromatic N) is 2. The van der Waals surface area contributed by atoms with Gasteiger partial charge >= 0.3 is 0 Å². The number of benzene rings is 1. The molecule has 0 bridgehead atoms. The van der Waals surface area contributed by atoms with Crippen LogP contribution < -0.4 is 16.2 Å². The smallest absolute Gasteiger partial charge is 0.211 e. The SMILES string of the molecule is COc1ccccc1/C(C)=N\N=C(N)N. The lowest BCUT2D eigenvalue weighted by molar-refractivity contribution is 0.414. The summed E-state index contributed by atoms with van der Waals surface area (Å²) in [6.07, 6.45) is 0. The molecule has 0 radical (unpaired) electrons. The van der Waals surface area contributed by atoms with E-state index in [1.165, 1.54) is 0 Å². The van der Waals surface area contributed by atoms with Crippen LogP contribution in [-0.4, -0.2) is 18.8 Å². The zero-order chi connectivity index (χ0) is 11.3. The van der Waals surface area contributed by atoms with E-state index in [1.807, 2.05) is 31.2 Å². The van der Waals surface area contributed by atoms with E-state index in [9.17, 15) is 0 Å². The Labute approximate surface area is 88.4 Å². The normalized spacial score (nSPS) is 10.9. The van der Waals surface area contributed by atoms with Crippen LogP contribution >= 0.6 is 0 Å². The van der Waals surface area contributed by atoms with Crippen molar-refractivity contribution in [3.8, 4) is 5.75 Å². The second-order valence-electron chi connectivity index (χ2n) is 2.91. The lowest BCUT2D eigenvalue weighted by Crippen LogP contribution is -2.22. The van der Waals surface area contributed by atoms with E-state index in [2.05, 4.69) is 10.2 Å². The summed E-state index contributed by atoms with van der Waals surface area (Å²) in [5.41, 5.74) is 11.9. The van der Waals surface area contributed by atoms with Crippen LogP contribution in [0.1, 0.15) is 12.5 Å². The Balaban J connectivity index is 3.05. The van der Waals surface area contributed by atoms with E-state index in [0.29, 0.717) is 5.71 Å². The minimum atomic E-state index is -0.0655. The van der Waals surface area contributed by atoms with Gasteiger partial charge < -0.3 is 16.2 Å². The van der Waals surface area contributed by atoms with Gasteiger partial charge in [0.2, 0.25) is 5.96 Å². The highest BCUT2D eigenvalue weighted by atomic mass is 16.5. The van der Waals surface area contributed by atoms with Gasteiger partial charge in [-0.2, -0.15) is 5.10 Å². The van der Waals surface area contributed by atoms with Gasteiger partial charge in [-0.25, -0.2) is 0 Å². The largest absolute Gasteiger partial charge is 0.496 e. The highest BCUT2D eigenvalue weighted by Crippen LogP contribution is 2.17. The van der Waals surface area contributed by atoms with Crippen molar-refractivity contribution in [2.24, 2.45) is 21.7 Å². The predicted molar refractivity (Wildman–Crippen MR) is 61.0 cm³/mol. The molecule has 1 aromatic rings. The van der Waals surface area contributed by atoms with Crippen molar-refractivity contribution in [1.82, 2.24) is 0 Å². The summed E-state index contributed by atoms with van der Waals surface area (Å²) in [4.78, 5) is 0. The van der Waals surface area contributed by atoms with Crippen molar-refractivity contribution in [2.45, 2.75) is 6.92 Å². The number of para-hydroxylation sites is 1. The van der Waals surface area contributed by atoms with Crippen LogP contribution in [0.2, 0.25) is 0 Å². The first-order valence-corrected chi connectivity index (χ1v) is 4.41. The molecular weight excluding hydrogens is 192 g/mol. The molecule has 0 aromatic heterocycles. The molecule has 0 aliphatic heterocycles. The summed E-state index contributed by atoms with van der Waals surface area (Å²) in [5.74, 6) is 0.675. The Bertz CT molecular complexity index is 394. The van der Waals surface area contributed by atoms with Crippen LogP contribution in [-0.2, 0) is 0 Å². The highest BCUT2D eigenvalue weighted by Gasteiger charge is 2.04. The number of rotatable bonds is 3. The summed E-state index contributed by atoms with van der Waals surface area (Å²) in [6, 6.07) is 7.52. The number of hydrogen-bond acceptors (Lipinski definition) is 3. The Kier molecular flexibility index (Phi) is 3.68. The Hall–Kier alpha value is -2.04. The second-order valence-corrected chi connectivity index (χ2v) is 2.91. The van der Waals surface area contributed by atoms with Gasteiger partial charge in [-0.3, -0.25) is 0 Å². The number of methoxy groups -OCH3 is 1. The van der Waals surface area contributed by atoms with Gasteiger partial charge in [0.1, 0.15) is 5.75 Å². The molecule has 4 N–H and O–H groups in total. The molecular formula is C10H14N4O. The monoisotopic (exact) mass is 206 g/mol. The van der Waals surface area contributed by atoms with Gasteiger partial charge in [0.25, 0.3) is 0 Å².